The molecule has 2 bridgehead atoms. The number of hydrogen-bond donors (Lipinski definition) is 4. The fraction of sp³-hybridized carbons (Fsp3) is 0.516. The summed E-state index contributed by atoms with van der Waals surface area (Å²) in [5.74, 6) is -0.274. The van der Waals surface area contributed by atoms with Gasteiger partial charge < -0.3 is 30.7 Å². The molecule has 9 nitrogen and oxygen atoms in total. The largest absolute Gasteiger partial charge is 0.489 e. The number of amides is 3. The molecule has 0 saturated carbocycles. The molecule has 4 rings (SSSR count). The first-order valence-electron chi connectivity index (χ1n) is 14.4. The van der Waals surface area contributed by atoms with Gasteiger partial charge in [0.15, 0.2) is 0 Å². The van der Waals surface area contributed by atoms with Gasteiger partial charge in [0, 0.05) is 26.6 Å². The van der Waals surface area contributed by atoms with E-state index in [-0.39, 0.29) is 24.3 Å². The first-order valence-corrected chi connectivity index (χ1v) is 14.4. The number of benzene rings is 2. The number of aryl methyl sites for hydroxylation is 2. The van der Waals surface area contributed by atoms with Crippen LogP contribution in [0.25, 0.3) is 0 Å². The molecule has 2 aliphatic rings. The summed E-state index contributed by atoms with van der Waals surface area (Å²) in [5.41, 5.74) is 3.18. The van der Waals surface area contributed by atoms with Crippen LogP contribution >= 0.6 is 0 Å². The molecule has 2 aromatic rings. The summed E-state index contributed by atoms with van der Waals surface area (Å²) in [4.78, 5) is 41.6. The van der Waals surface area contributed by atoms with E-state index >= 15 is 0 Å². The fourth-order valence-electron chi connectivity index (χ4n) is 5.58. The molecule has 0 radical (unpaired) electrons. The van der Waals surface area contributed by atoms with Crippen LogP contribution in [0.15, 0.2) is 48.5 Å². The number of hydrogen-bond acceptors (Lipinski definition) is 6. The maximum atomic E-state index is 13.5. The van der Waals surface area contributed by atoms with Gasteiger partial charge in [-0.2, -0.15) is 0 Å². The Morgan fingerprint density at radius 1 is 1.00 bits per heavy atom. The van der Waals surface area contributed by atoms with E-state index in [4.69, 9.17) is 4.74 Å². The summed E-state index contributed by atoms with van der Waals surface area (Å²) in [5, 5.41) is 19.7. The smallest absolute Gasteiger partial charge is 0.246 e. The van der Waals surface area contributed by atoms with Crippen molar-refractivity contribution in [3.05, 3.63) is 65.2 Å². The molecule has 216 valence electrons. The predicted octanol–water partition coefficient (Wildman–Crippen LogP) is 1.75. The van der Waals surface area contributed by atoms with Crippen LogP contribution in [-0.2, 0) is 33.6 Å². The molecule has 0 fully saturated rings. The van der Waals surface area contributed by atoms with Gasteiger partial charge >= 0.3 is 0 Å². The highest BCUT2D eigenvalue weighted by Crippen LogP contribution is 2.32. The number of nitrogens with one attached hydrogen (secondary N) is 3. The minimum absolute atomic E-state index is 0.0889. The van der Waals surface area contributed by atoms with Crippen molar-refractivity contribution in [1.29, 1.82) is 0 Å². The Morgan fingerprint density at radius 3 is 2.42 bits per heavy atom. The SMILES string of the molecule is CCC1NCC2CCc3cccc(c3O2)CCCNC(=O)C(Cc2ccccc2)NC(=O)C(C(C)O)N(C)C1=O. The fourth-order valence-corrected chi connectivity index (χ4v) is 5.58. The third-order valence-corrected chi connectivity index (χ3v) is 7.82. The van der Waals surface area contributed by atoms with E-state index in [0.717, 1.165) is 36.1 Å². The van der Waals surface area contributed by atoms with Crippen LogP contribution in [0, 0.1) is 0 Å². The van der Waals surface area contributed by atoms with Crippen molar-refractivity contribution in [3.8, 4) is 5.75 Å². The molecule has 3 amide bonds. The van der Waals surface area contributed by atoms with E-state index < -0.39 is 30.1 Å². The minimum atomic E-state index is -1.16. The molecule has 2 aromatic carbocycles. The maximum absolute atomic E-state index is 13.5. The lowest BCUT2D eigenvalue weighted by molar-refractivity contribution is -0.145. The monoisotopic (exact) mass is 550 g/mol. The zero-order valence-electron chi connectivity index (χ0n) is 23.7. The second kappa shape index (κ2) is 13.8. The summed E-state index contributed by atoms with van der Waals surface area (Å²) >= 11 is 0. The van der Waals surface area contributed by atoms with Gasteiger partial charge in [-0.3, -0.25) is 14.4 Å². The van der Waals surface area contributed by atoms with E-state index in [9.17, 15) is 19.5 Å². The number of carbonyl (C=O) groups is 3. The third kappa shape index (κ3) is 7.20. The quantitative estimate of drug-likeness (QED) is 0.461. The molecular weight excluding hydrogens is 508 g/mol. The van der Waals surface area contributed by atoms with E-state index in [2.05, 4.69) is 28.1 Å². The molecule has 0 saturated heterocycles. The van der Waals surface area contributed by atoms with Crippen molar-refractivity contribution in [2.45, 2.75) is 82.7 Å². The van der Waals surface area contributed by atoms with Crippen molar-refractivity contribution < 1.29 is 24.2 Å². The Morgan fingerprint density at radius 2 is 1.73 bits per heavy atom. The van der Waals surface area contributed by atoms with Crippen LogP contribution in [0.4, 0.5) is 0 Å². The number of para-hydroxylation sites is 1. The highest BCUT2D eigenvalue weighted by Gasteiger charge is 2.36. The van der Waals surface area contributed by atoms with Gasteiger partial charge in [0.2, 0.25) is 17.7 Å². The summed E-state index contributed by atoms with van der Waals surface area (Å²) in [6, 6.07) is 13.1. The molecule has 40 heavy (non-hydrogen) atoms. The second-order valence-corrected chi connectivity index (χ2v) is 10.8. The predicted molar refractivity (Wildman–Crippen MR) is 153 cm³/mol. The van der Waals surface area contributed by atoms with Crippen molar-refractivity contribution >= 4 is 17.7 Å². The first kappa shape index (κ1) is 29.6. The highest BCUT2D eigenvalue weighted by molar-refractivity contribution is 5.93. The zero-order chi connectivity index (χ0) is 28.6. The lowest BCUT2D eigenvalue weighted by atomic mass is 9.97. The first-order chi connectivity index (χ1) is 19.3. The summed E-state index contributed by atoms with van der Waals surface area (Å²) in [6.45, 7) is 4.31. The van der Waals surface area contributed by atoms with Gasteiger partial charge in [0.05, 0.1) is 12.1 Å². The lowest BCUT2D eigenvalue weighted by Gasteiger charge is -2.34. The zero-order valence-corrected chi connectivity index (χ0v) is 23.7. The highest BCUT2D eigenvalue weighted by atomic mass is 16.5. The Labute approximate surface area is 236 Å². The van der Waals surface area contributed by atoms with Gasteiger partial charge in [0.25, 0.3) is 0 Å². The Balaban J connectivity index is 1.62. The number of carbonyl (C=O) groups excluding carboxylic acids is 3. The standard InChI is InChI=1S/C31H42N4O5/c1-4-25-31(39)35(3)27(20(2)36)30(38)34-26(18-21-10-6-5-7-11-21)29(37)32-17-9-14-22-12-8-13-23-15-16-24(19-33-25)40-28(22)23/h5-8,10-13,20,24-27,33,36H,4,9,14-19H2,1-3H3,(H,32,37)(H,34,38). The number of ether oxygens (including phenoxy) is 1. The maximum Gasteiger partial charge on any atom is 0.246 e. The molecule has 0 spiro atoms. The van der Waals surface area contributed by atoms with Crippen LogP contribution in [0.2, 0.25) is 0 Å². The molecule has 0 aliphatic carbocycles. The average molecular weight is 551 g/mol. The van der Waals surface area contributed by atoms with Crippen LogP contribution in [-0.4, -0.2) is 78.2 Å². The minimum Gasteiger partial charge on any atom is -0.489 e. The average Bonchev–Trinajstić information content (AvgIpc) is 2.95. The van der Waals surface area contributed by atoms with Gasteiger partial charge in [-0.25, -0.2) is 0 Å². The van der Waals surface area contributed by atoms with Gasteiger partial charge in [-0.05, 0) is 55.7 Å². The topological polar surface area (TPSA) is 120 Å². The van der Waals surface area contributed by atoms with E-state index in [0.29, 0.717) is 25.9 Å². The van der Waals surface area contributed by atoms with Crippen molar-refractivity contribution in [1.82, 2.24) is 20.9 Å². The number of aliphatic hydroxyl groups is 1. The molecule has 2 aliphatic heterocycles. The Bertz CT molecular complexity index is 1170. The van der Waals surface area contributed by atoms with Crippen molar-refractivity contribution in [2.24, 2.45) is 0 Å². The molecule has 2 heterocycles. The molecule has 0 aromatic heterocycles. The second-order valence-electron chi connectivity index (χ2n) is 10.8. The van der Waals surface area contributed by atoms with Crippen LogP contribution in [0.5, 0.6) is 5.75 Å². The lowest BCUT2D eigenvalue weighted by Crippen LogP contribution is -2.60. The number of nitrogens with zero attached hydrogens (tertiary/aromatic N) is 1. The Kier molecular flexibility index (Phi) is 10.2. The van der Waals surface area contributed by atoms with Gasteiger partial charge in [-0.15, -0.1) is 0 Å². The van der Waals surface area contributed by atoms with E-state index in [1.165, 1.54) is 24.4 Å². The van der Waals surface area contributed by atoms with Crippen molar-refractivity contribution in [3.63, 3.8) is 0 Å². The summed E-state index contributed by atoms with van der Waals surface area (Å²) < 4.78 is 6.42. The number of aliphatic hydroxyl groups excluding tert-OH is 1. The molecule has 5 unspecified atom stereocenters. The molecule has 5 atom stereocenters. The molecule has 4 N–H and O–H groups in total. The van der Waals surface area contributed by atoms with Crippen LogP contribution in [0.1, 0.15) is 49.8 Å². The number of rotatable bonds is 4. The van der Waals surface area contributed by atoms with Gasteiger partial charge in [0.1, 0.15) is 23.9 Å². The van der Waals surface area contributed by atoms with Gasteiger partial charge in [-0.1, -0.05) is 55.5 Å². The molecular formula is C31H42N4O5. The summed E-state index contributed by atoms with van der Waals surface area (Å²) in [7, 11) is 1.52. The van der Waals surface area contributed by atoms with E-state index in [1.807, 2.05) is 43.3 Å². The Hall–Kier alpha value is -3.43. The third-order valence-electron chi connectivity index (χ3n) is 7.82. The number of fused-ring (bicyclic) bond motifs is 1. The summed E-state index contributed by atoms with van der Waals surface area (Å²) in [6.07, 6.45) is 2.73. The molecule has 9 heteroatoms. The van der Waals surface area contributed by atoms with Crippen molar-refractivity contribution in [2.75, 3.05) is 20.1 Å². The van der Waals surface area contributed by atoms with Crippen LogP contribution in [0.3, 0.4) is 0 Å². The van der Waals surface area contributed by atoms with Crippen LogP contribution < -0.4 is 20.7 Å². The van der Waals surface area contributed by atoms with E-state index in [1.54, 1.807) is 0 Å². The normalized spacial score (nSPS) is 25.6. The number of likely N-dealkylation sites (N-methyl/N-ethyl adjacent to an activating group) is 1.